The topological polar surface area (TPSA) is 161 Å². The molecule has 0 aliphatic carbocycles. The van der Waals surface area contributed by atoms with Crippen LogP contribution in [0.4, 0.5) is 0 Å². The molecule has 0 saturated heterocycles. The van der Waals surface area contributed by atoms with E-state index in [2.05, 4.69) is 9.88 Å². The number of Topliss-reactive ketones (excluding diaryl/α,β-unsaturated/α-hetero) is 1. The quantitative estimate of drug-likeness (QED) is 0.434. The number of ether oxygens (including phenoxy) is 1. The molecular formula is C21H32N4O8. The molecule has 2 rings (SSSR count). The molecule has 12 nitrogen and oxygen atoms in total. The third-order valence-corrected chi connectivity index (χ3v) is 4.81. The van der Waals surface area contributed by atoms with E-state index in [0.717, 1.165) is 6.54 Å². The number of pyridine rings is 1. The monoisotopic (exact) mass is 468 g/mol. The summed E-state index contributed by atoms with van der Waals surface area (Å²) in [6.07, 6.45) is 0. The van der Waals surface area contributed by atoms with Gasteiger partial charge in [-0.25, -0.2) is 0 Å². The molecule has 0 spiro atoms. The second-order valence-electron chi connectivity index (χ2n) is 7.49. The van der Waals surface area contributed by atoms with Gasteiger partial charge in [-0.15, -0.1) is 0 Å². The van der Waals surface area contributed by atoms with E-state index in [1.54, 1.807) is 17.0 Å². The Labute approximate surface area is 192 Å². The minimum Gasteiger partial charge on any atom is -0.484 e. The molecule has 0 unspecified atom stereocenters. The summed E-state index contributed by atoms with van der Waals surface area (Å²) >= 11 is 0. The second-order valence-corrected chi connectivity index (χ2v) is 7.49. The standard InChI is InChI=1S/C20H30N4O6.CH2O2/c1-3-22-6-8-23(12-19(26)27)10-16-4-5-18(30-14-15(2)25)17(21-16)11-24(9-7-22)13-20(28)29;2-1-3/h4-5H,3,6-14H2,1-2H3,(H,26,27)(H,28,29);1H,(H,2,3). The Balaban J connectivity index is 0.00000172. The van der Waals surface area contributed by atoms with Gasteiger partial charge in [-0.2, -0.15) is 0 Å². The van der Waals surface area contributed by atoms with Crippen LogP contribution in [0.1, 0.15) is 25.2 Å². The van der Waals surface area contributed by atoms with Crippen molar-refractivity contribution in [3.05, 3.63) is 23.5 Å². The molecule has 1 aliphatic heterocycles. The predicted octanol–water partition coefficient (Wildman–Crippen LogP) is -0.141. The number of ketones is 1. The number of carbonyl (C=O) groups excluding carboxylic acids is 1. The molecule has 184 valence electrons. The summed E-state index contributed by atoms with van der Waals surface area (Å²) in [7, 11) is 0. The fourth-order valence-corrected chi connectivity index (χ4v) is 3.29. The molecule has 0 fully saturated rings. The van der Waals surface area contributed by atoms with Gasteiger partial charge in [0.2, 0.25) is 0 Å². The van der Waals surface area contributed by atoms with E-state index in [0.29, 0.717) is 49.9 Å². The zero-order valence-electron chi connectivity index (χ0n) is 19.0. The first kappa shape index (κ1) is 27.9. The third kappa shape index (κ3) is 11.4. The van der Waals surface area contributed by atoms with Gasteiger partial charge in [0.1, 0.15) is 12.4 Å². The fraction of sp³-hybridized carbons (Fsp3) is 0.571. The van der Waals surface area contributed by atoms with E-state index < -0.39 is 11.9 Å². The number of rotatable bonds is 8. The lowest BCUT2D eigenvalue weighted by atomic mass is 10.2. The summed E-state index contributed by atoms with van der Waals surface area (Å²) < 4.78 is 5.59. The van der Waals surface area contributed by atoms with Crippen LogP contribution in [-0.4, -0.2) is 112 Å². The highest BCUT2D eigenvalue weighted by Crippen LogP contribution is 2.20. The minimum atomic E-state index is -0.930. The van der Waals surface area contributed by atoms with Gasteiger partial charge in [-0.05, 0) is 25.6 Å². The number of likely N-dealkylation sites (N-methyl/N-ethyl adjacent to an activating group) is 1. The number of carboxylic acid groups (broad SMARTS) is 3. The van der Waals surface area contributed by atoms with Crippen LogP contribution in [0.25, 0.3) is 0 Å². The maximum absolute atomic E-state index is 11.3. The Kier molecular flexibility index (Phi) is 12.6. The molecule has 1 aliphatic rings. The van der Waals surface area contributed by atoms with Gasteiger partial charge in [0.05, 0.1) is 24.5 Å². The fourth-order valence-electron chi connectivity index (χ4n) is 3.29. The van der Waals surface area contributed by atoms with Crippen molar-refractivity contribution in [1.29, 1.82) is 0 Å². The lowest BCUT2D eigenvalue weighted by molar-refractivity contribution is -0.139. The molecular weight excluding hydrogens is 436 g/mol. The molecule has 12 heteroatoms. The molecule has 33 heavy (non-hydrogen) atoms. The Hall–Kier alpha value is -3.09. The smallest absolute Gasteiger partial charge is 0.317 e. The molecule has 2 bridgehead atoms. The van der Waals surface area contributed by atoms with Crippen molar-refractivity contribution >= 4 is 24.2 Å². The zero-order chi connectivity index (χ0) is 24.8. The largest absolute Gasteiger partial charge is 0.484 e. The number of fused-ring (bicyclic) bond motifs is 2. The Morgan fingerprint density at radius 2 is 1.52 bits per heavy atom. The van der Waals surface area contributed by atoms with Gasteiger partial charge in [-0.3, -0.25) is 34.0 Å². The lowest BCUT2D eigenvalue weighted by Gasteiger charge is -2.30. The van der Waals surface area contributed by atoms with Crippen molar-refractivity contribution in [2.45, 2.75) is 26.9 Å². The van der Waals surface area contributed by atoms with E-state index in [1.807, 2.05) is 11.8 Å². The van der Waals surface area contributed by atoms with Crippen LogP contribution < -0.4 is 4.74 Å². The first-order valence-corrected chi connectivity index (χ1v) is 10.5. The molecule has 1 aromatic rings. The number of carbonyl (C=O) groups is 4. The second kappa shape index (κ2) is 14.9. The van der Waals surface area contributed by atoms with Crippen molar-refractivity contribution in [3.63, 3.8) is 0 Å². The van der Waals surface area contributed by atoms with Gasteiger partial charge in [0.15, 0.2) is 5.78 Å². The highest BCUT2D eigenvalue weighted by molar-refractivity contribution is 5.77. The molecule has 2 heterocycles. The predicted molar refractivity (Wildman–Crippen MR) is 117 cm³/mol. The number of nitrogens with zero attached hydrogens (tertiary/aromatic N) is 4. The first-order valence-electron chi connectivity index (χ1n) is 10.5. The summed E-state index contributed by atoms with van der Waals surface area (Å²) in [4.78, 5) is 52.7. The van der Waals surface area contributed by atoms with Crippen LogP contribution in [0.15, 0.2) is 12.1 Å². The summed E-state index contributed by atoms with van der Waals surface area (Å²) in [5.41, 5.74) is 1.20. The highest BCUT2D eigenvalue weighted by Gasteiger charge is 2.20. The molecule has 0 aromatic carbocycles. The number of aliphatic carboxylic acids is 2. The lowest BCUT2D eigenvalue weighted by Crippen LogP contribution is -2.42. The first-order chi connectivity index (χ1) is 15.7. The molecule has 1 aromatic heterocycles. The molecule has 3 N–H and O–H groups in total. The van der Waals surface area contributed by atoms with Crippen LogP contribution >= 0.6 is 0 Å². The van der Waals surface area contributed by atoms with E-state index in [1.165, 1.54) is 6.92 Å². The van der Waals surface area contributed by atoms with Gasteiger partial charge < -0.3 is 25.0 Å². The van der Waals surface area contributed by atoms with Crippen LogP contribution in [0.3, 0.4) is 0 Å². The zero-order valence-corrected chi connectivity index (χ0v) is 19.0. The van der Waals surface area contributed by atoms with Gasteiger partial charge in [-0.1, -0.05) is 6.92 Å². The van der Waals surface area contributed by atoms with Crippen molar-refractivity contribution in [2.75, 3.05) is 52.4 Å². The van der Waals surface area contributed by atoms with Crippen LogP contribution in [-0.2, 0) is 32.3 Å². The summed E-state index contributed by atoms with van der Waals surface area (Å²) in [6, 6.07) is 3.46. The Morgan fingerprint density at radius 1 is 1.00 bits per heavy atom. The van der Waals surface area contributed by atoms with Crippen LogP contribution in [0, 0.1) is 0 Å². The summed E-state index contributed by atoms with van der Waals surface area (Å²) in [5, 5.41) is 25.4. The summed E-state index contributed by atoms with van der Waals surface area (Å²) in [5.74, 6) is -1.54. The normalized spacial score (nSPS) is 15.8. The van der Waals surface area contributed by atoms with E-state index in [4.69, 9.17) is 14.6 Å². The van der Waals surface area contributed by atoms with E-state index in [9.17, 15) is 24.6 Å². The molecule has 0 amide bonds. The van der Waals surface area contributed by atoms with Gasteiger partial charge in [0, 0.05) is 39.3 Å². The van der Waals surface area contributed by atoms with Gasteiger partial charge >= 0.3 is 11.9 Å². The van der Waals surface area contributed by atoms with Crippen molar-refractivity contribution in [3.8, 4) is 5.75 Å². The maximum Gasteiger partial charge on any atom is 0.317 e. The van der Waals surface area contributed by atoms with Crippen molar-refractivity contribution < 1.29 is 39.2 Å². The Bertz CT molecular complexity index is 804. The minimum absolute atomic E-state index is 0.0949. The SMILES string of the molecule is CCN1CCN(CC(=O)O)Cc2ccc(OCC(C)=O)c(n2)CN(CC(=O)O)CC1.O=CO. The Morgan fingerprint density at radius 3 is 2.00 bits per heavy atom. The van der Waals surface area contributed by atoms with Crippen molar-refractivity contribution in [1.82, 2.24) is 19.7 Å². The maximum atomic E-state index is 11.3. The van der Waals surface area contributed by atoms with E-state index >= 15 is 0 Å². The molecule has 0 radical (unpaired) electrons. The van der Waals surface area contributed by atoms with Crippen LogP contribution in [0.2, 0.25) is 0 Å². The average molecular weight is 469 g/mol. The highest BCUT2D eigenvalue weighted by atomic mass is 16.5. The number of carboxylic acids is 2. The number of hydrogen-bond acceptors (Lipinski definition) is 9. The molecule has 0 atom stereocenters. The van der Waals surface area contributed by atoms with E-state index in [-0.39, 0.29) is 38.5 Å². The van der Waals surface area contributed by atoms with Crippen LogP contribution in [0.5, 0.6) is 5.75 Å². The average Bonchev–Trinajstić information content (AvgIpc) is 2.72. The summed E-state index contributed by atoms with van der Waals surface area (Å²) in [6.45, 7) is 6.64. The number of aromatic nitrogens is 1. The number of hydrogen-bond donors (Lipinski definition) is 3. The molecule has 0 saturated carbocycles. The van der Waals surface area contributed by atoms with Gasteiger partial charge in [0.25, 0.3) is 6.47 Å². The third-order valence-electron chi connectivity index (χ3n) is 4.81. The van der Waals surface area contributed by atoms with Crippen molar-refractivity contribution in [2.24, 2.45) is 0 Å².